The quantitative estimate of drug-likeness (QED) is 0.797. The maximum Gasteiger partial charge on any atom is 0.185 e. The highest BCUT2D eigenvalue weighted by Gasteiger charge is 2.51. The molecule has 3 nitrogen and oxygen atoms in total. The van der Waals surface area contributed by atoms with Crippen molar-refractivity contribution in [2.75, 3.05) is 0 Å². The van der Waals surface area contributed by atoms with Crippen LogP contribution in [-0.2, 0) is 0 Å². The van der Waals surface area contributed by atoms with Crippen LogP contribution in [0.15, 0.2) is 10.7 Å². The minimum atomic E-state index is 0.165. The molecule has 0 aromatic carbocycles. The Morgan fingerprint density at radius 1 is 1.62 bits per heavy atom. The van der Waals surface area contributed by atoms with Crippen LogP contribution < -0.4 is 0 Å². The molecule has 88 valence electrons. The Hall–Kier alpha value is -0.640. The second-order valence-electron chi connectivity index (χ2n) is 5.49. The molecule has 0 N–H and O–H groups in total. The first-order chi connectivity index (χ1) is 7.34. The molecule has 16 heavy (non-hydrogen) atoms. The van der Waals surface area contributed by atoms with Crippen LogP contribution in [0.25, 0.3) is 0 Å². The maximum atomic E-state index is 12.3. The van der Waals surface area contributed by atoms with Crippen molar-refractivity contribution in [2.24, 2.45) is 11.3 Å². The monoisotopic (exact) mass is 284 g/mol. The van der Waals surface area contributed by atoms with Crippen LogP contribution in [0.5, 0.6) is 0 Å². The van der Waals surface area contributed by atoms with Gasteiger partial charge in [0.2, 0.25) is 0 Å². The molecule has 1 saturated carbocycles. The Kier molecular flexibility index (Phi) is 2.73. The summed E-state index contributed by atoms with van der Waals surface area (Å²) in [5.41, 5.74) is 0.897. The van der Waals surface area contributed by atoms with Crippen molar-refractivity contribution in [3.63, 3.8) is 0 Å². The van der Waals surface area contributed by atoms with E-state index in [1.54, 1.807) is 10.9 Å². The van der Waals surface area contributed by atoms with Crippen LogP contribution in [0.4, 0.5) is 0 Å². The lowest BCUT2D eigenvalue weighted by Crippen LogP contribution is -2.16. The molecule has 1 heterocycles. The molecule has 2 rings (SSSR count). The predicted octanol–water partition coefficient (Wildman–Crippen LogP) is 3.46. The number of nitrogens with zero attached hydrogens (tertiary/aromatic N) is 2. The lowest BCUT2D eigenvalue weighted by molar-refractivity contribution is 0.0940. The van der Waals surface area contributed by atoms with Gasteiger partial charge in [-0.15, -0.1) is 0 Å². The highest BCUT2D eigenvalue weighted by atomic mass is 79.9. The van der Waals surface area contributed by atoms with E-state index in [9.17, 15) is 4.79 Å². The molecule has 0 bridgehead atoms. The molecule has 1 aromatic rings. The highest BCUT2D eigenvalue weighted by Crippen LogP contribution is 2.53. The van der Waals surface area contributed by atoms with Crippen LogP contribution in [-0.4, -0.2) is 15.6 Å². The van der Waals surface area contributed by atoms with E-state index in [1.807, 2.05) is 13.8 Å². The van der Waals surface area contributed by atoms with Crippen LogP contribution in [0.1, 0.15) is 50.6 Å². The summed E-state index contributed by atoms with van der Waals surface area (Å²) in [6.07, 6.45) is 2.70. The van der Waals surface area contributed by atoms with Gasteiger partial charge >= 0.3 is 0 Å². The molecule has 4 heteroatoms. The molecule has 0 saturated heterocycles. The fraction of sp³-hybridized carbons (Fsp3) is 0.667. The molecule has 1 aliphatic carbocycles. The van der Waals surface area contributed by atoms with E-state index in [1.165, 1.54) is 0 Å². The third-order valence-electron chi connectivity index (χ3n) is 3.30. The Morgan fingerprint density at radius 2 is 2.19 bits per heavy atom. The number of carbonyl (C=O) groups excluding carboxylic acids is 1. The number of aromatic nitrogens is 2. The standard InChI is InChI=1S/C12H17BrN2O/c1-7(2)15-10(9(13)6-14-15)11(16)8-5-12(8,3)4/h6-8H,5H2,1-4H3. The maximum absolute atomic E-state index is 12.3. The van der Waals surface area contributed by atoms with Gasteiger partial charge in [-0.3, -0.25) is 9.48 Å². The van der Waals surface area contributed by atoms with Gasteiger partial charge in [0.25, 0.3) is 0 Å². The van der Waals surface area contributed by atoms with Gasteiger partial charge in [-0.25, -0.2) is 0 Å². The molecule has 1 aliphatic rings. The fourth-order valence-electron chi connectivity index (χ4n) is 2.04. The molecule has 0 aliphatic heterocycles. The van der Waals surface area contributed by atoms with Gasteiger partial charge in [0, 0.05) is 12.0 Å². The van der Waals surface area contributed by atoms with E-state index in [4.69, 9.17) is 0 Å². The molecule has 1 atom stereocenters. The van der Waals surface area contributed by atoms with Gasteiger partial charge in [0.15, 0.2) is 5.78 Å². The average Bonchev–Trinajstić information content (AvgIpc) is 2.64. The molecule has 1 aromatic heterocycles. The number of hydrogen-bond donors (Lipinski definition) is 0. The van der Waals surface area contributed by atoms with Crippen molar-refractivity contribution in [2.45, 2.75) is 40.2 Å². The molecule has 0 spiro atoms. The molecule has 1 unspecified atom stereocenters. The van der Waals surface area contributed by atoms with Gasteiger partial charge in [-0.05, 0) is 41.6 Å². The summed E-state index contributed by atoms with van der Waals surface area (Å²) >= 11 is 3.42. The highest BCUT2D eigenvalue weighted by molar-refractivity contribution is 9.10. The van der Waals surface area contributed by atoms with E-state index in [0.29, 0.717) is 0 Å². The Bertz CT molecular complexity index is 434. The minimum absolute atomic E-state index is 0.165. The number of carbonyl (C=O) groups is 1. The largest absolute Gasteiger partial charge is 0.292 e. The summed E-state index contributed by atoms with van der Waals surface area (Å²) < 4.78 is 2.62. The Balaban J connectivity index is 2.33. The van der Waals surface area contributed by atoms with Gasteiger partial charge in [-0.2, -0.15) is 5.10 Å². The van der Waals surface area contributed by atoms with E-state index >= 15 is 0 Å². The lowest BCUT2D eigenvalue weighted by atomic mass is 10.1. The van der Waals surface area contributed by atoms with Gasteiger partial charge in [0.05, 0.1) is 10.7 Å². The predicted molar refractivity (Wildman–Crippen MR) is 66.5 cm³/mol. The van der Waals surface area contributed by atoms with E-state index < -0.39 is 0 Å². The van der Waals surface area contributed by atoms with Crippen molar-refractivity contribution < 1.29 is 4.79 Å². The van der Waals surface area contributed by atoms with Gasteiger partial charge in [0.1, 0.15) is 5.69 Å². The van der Waals surface area contributed by atoms with E-state index in [2.05, 4.69) is 34.9 Å². The number of hydrogen-bond acceptors (Lipinski definition) is 2. The zero-order chi connectivity index (χ0) is 12.1. The van der Waals surface area contributed by atoms with Crippen molar-refractivity contribution >= 4 is 21.7 Å². The normalized spacial score (nSPS) is 22.5. The Morgan fingerprint density at radius 3 is 2.62 bits per heavy atom. The summed E-state index contributed by atoms with van der Waals surface area (Å²) in [5.74, 6) is 0.390. The molecule has 0 radical (unpaired) electrons. The topological polar surface area (TPSA) is 34.9 Å². The van der Waals surface area contributed by atoms with E-state index in [-0.39, 0.29) is 23.2 Å². The lowest BCUT2D eigenvalue weighted by Gasteiger charge is -2.11. The first kappa shape index (κ1) is 11.8. The SMILES string of the molecule is CC(C)n1ncc(Br)c1C(=O)C1CC1(C)C. The zero-order valence-corrected chi connectivity index (χ0v) is 11.7. The van der Waals surface area contributed by atoms with Crippen molar-refractivity contribution in [3.05, 3.63) is 16.4 Å². The fourth-order valence-corrected chi connectivity index (χ4v) is 2.51. The third-order valence-corrected chi connectivity index (χ3v) is 3.88. The zero-order valence-electron chi connectivity index (χ0n) is 10.1. The van der Waals surface area contributed by atoms with Crippen LogP contribution >= 0.6 is 15.9 Å². The summed E-state index contributed by atoms with van der Waals surface area (Å²) in [5, 5.41) is 4.24. The van der Waals surface area contributed by atoms with Crippen molar-refractivity contribution in [3.8, 4) is 0 Å². The number of Topliss-reactive ketones (excluding diaryl/α,β-unsaturated/α-hetero) is 1. The molecular weight excluding hydrogens is 268 g/mol. The van der Waals surface area contributed by atoms with Gasteiger partial charge in [-0.1, -0.05) is 13.8 Å². The van der Waals surface area contributed by atoms with Crippen LogP contribution in [0.3, 0.4) is 0 Å². The van der Waals surface area contributed by atoms with Gasteiger partial charge < -0.3 is 0 Å². The third kappa shape index (κ3) is 1.83. The smallest absolute Gasteiger partial charge is 0.185 e. The number of halogens is 1. The van der Waals surface area contributed by atoms with Crippen LogP contribution in [0, 0.1) is 11.3 Å². The first-order valence-corrected chi connectivity index (χ1v) is 6.41. The van der Waals surface area contributed by atoms with Crippen molar-refractivity contribution in [1.29, 1.82) is 0 Å². The summed E-state index contributed by atoms with van der Waals surface area (Å²) in [6.45, 7) is 8.35. The average molecular weight is 285 g/mol. The summed E-state index contributed by atoms with van der Waals surface area (Å²) in [4.78, 5) is 12.3. The first-order valence-electron chi connectivity index (χ1n) is 5.62. The van der Waals surface area contributed by atoms with Crippen LogP contribution in [0.2, 0.25) is 0 Å². The van der Waals surface area contributed by atoms with E-state index in [0.717, 1.165) is 16.6 Å². The second-order valence-corrected chi connectivity index (χ2v) is 6.34. The second kappa shape index (κ2) is 3.69. The van der Waals surface area contributed by atoms with Crippen molar-refractivity contribution in [1.82, 2.24) is 9.78 Å². The molecule has 1 fully saturated rings. The minimum Gasteiger partial charge on any atom is -0.292 e. The molecular formula is C12H17BrN2O. The number of rotatable bonds is 3. The summed E-state index contributed by atoms with van der Waals surface area (Å²) in [6, 6.07) is 0.215. The Labute approximate surface area is 104 Å². The summed E-state index contributed by atoms with van der Waals surface area (Å²) in [7, 11) is 0. The molecule has 0 amide bonds. The number of ketones is 1.